The van der Waals surface area contributed by atoms with Crippen molar-refractivity contribution < 1.29 is 10.0 Å². The molecule has 88 valence electrons. The second-order valence-electron chi connectivity index (χ2n) is 3.63. The van der Waals surface area contributed by atoms with Gasteiger partial charge in [-0.05, 0) is 11.1 Å². The van der Waals surface area contributed by atoms with Crippen LogP contribution in [-0.4, -0.2) is 19.8 Å². The number of aliphatic hydroxyl groups is 1. The molecular formula is C11H11N3O3. The molecule has 6 heteroatoms. The van der Waals surface area contributed by atoms with Crippen molar-refractivity contribution >= 4 is 5.69 Å². The molecule has 0 aliphatic carbocycles. The van der Waals surface area contributed by atoms with Crippen LogP contribution in [0.25, 0.3) is 0 Å². The first kappa shape index (κ1) is 11.3. The monoisotopic (exact) mass is 233 g/mol. The van der Waals surface area contributed by atoms with Crippen LogP contribution in [0.2, 0.25) is 0 Å². The van der Waals surface area contributed by atoms with E-state index < -0.39 is 4.92 Å². The van der Waals surface area contributed by atoms with Crippen molar-refractivity contribution in [1.82, 2.24) is 9.78 Å². The molecule has 1 aromatic heterocycles. The summed E-state index contributed by atoms with van der Waals surface area (Å²) in [7, 11) is 0. The molecule has 6 nitrogen and oxygen atoms in total. The van der Waals surface area contributed by atoms with Crippen LogP contribution >= 0.6 is 0 Å². The molecule has 0 radical (unpaired) electrons. The van der Waals surface area contributed by atoms with Gasteiger partial charge in [0.25, 0.3) is 0 Å². The van der Waals surface area contributed by atoms with Crippen LogP contribution in [0.4, 0.5) is 5.69 Å². The summed E-state index contributed by atoms with van der Waals surface area (Å²) in [5.41, 5.74) is 1.79. The SMILES string of the molecule is O=[N+]([O-])c1cnn(Cc2ccc(CO)cc2)c1. The van der Waals surface area contributed by atoms with Crippen LogP contribution in [0, 0.1) is 10.1 Å². The van der Waals surface area contributed by atoms with E-state index in [2.05, 4.69) is 5.10 Å². The van der Waals surface area contributed by atoms with Gasteiger partial charge in [-0.2, -0.15) is 5.10 Å². The summed E-state index contributed by atoms with van der Waals surface area (Å²) in [5, 5.41) is 23.3. The lowest BCUT2D eigenvalue weighted by molar-refractivity contribution is -0.385. The fourth-order valence-electron chi connectivity index (χ4n) is 1.47. The van der Waals surface area contributed by atoms with E-state index in [0.717, 1.165) is 11.1 Å². The molecule has 1 N–H and O–H groups in total. The highest BCUT2D eigenvalue weighted by Gasteiger charge is 2.08. The molecule has 1 heterocycles. The lowest BCUT2D eigenvalue weighted by Crippen LogP contribution is -2.00. The fraction of sp³-hybridized carbons (Fsp3) is 0.182. The highest BCUT2D eigenvalue weighted by atomic mass is 16.6. The van der Waals surface area contributed by atoms with Crippen molar-refractivity contribution in [3.8, 4) is 0 Å². The van der Waals surface area contributed by atoms with Gasteiger partial charge in [-0.3, -0.25) is 14.8 Å². The number of aromatic nitrogens is 2. The van der Waals surface area contributed by atoms with Gasteiger partial charge in [0.15, 0.2) is 0 Å². The molecule has 0 saturated carbocycles. The van der Waals surface area contributed by atoms with Crippen molar-refractivity contribution in [1.29, 1.82) is 0 Å². The van der Waals surface area contributed by atoms with Crippen molar-refractivity contribution in [2.45, 2.75) is 13.2 Å². The Balaban J connectivity index is 2.11. The summed E-state index contributed by atoms with van der Waals surface area (Å²) in [6.45, 7) is 0.479. The molecule has 2 aromatic rings. The van der Waals surface area contributed by atoms with Crippen molar-refractivity contribution in [3.63, 3.8) is 0 Å². The maximum atomic E-state index is 10.5. The molecule has 1 aromatic carbocycles. The predicted octanol–water partition coefficient (Wildman–Crippen LogP) is 1.33. The van der Waals surface area contributed by atoms with Gasteiger partial charge in [-0.25, -0.2) is 0 Å². The van der Waals surface area contributed by atoms with Crippen LogP contribution in [-0.2, 0) is 13.2 Å². The Morgan fingerprint density at radius 3 is 2.47 bits per heavy atom. The lowest BCUT2D eigenvalue weighted by atomic mass is 10.1. The van der Waals surface area contributed by atoms with Gasteiger partial charge < -0.3 is 5.11 Å². The van der Waals surface area contributed by atoms with E-state index >= 15 is 0 Å². The Morgan fingerprint density at radius 2 is 1.94 bits per heavy atom. The first-order valence-corrected chi connectivity index (χ1v) is 5.04. The predicted molar refractivity (Wildman–Crippen MR) is 60.3 cm³/mol. The molecule has 0 saturated heterocycles. The maximum Gasteiger partial charge on any atom is 0.307 e. The third-order valence-electron chi connectivity index (χ3n) is 2.38. The summed E-state index contributed by atoms with van der Waals surface area (Å²) in [4.78, 5) is 10.0. The number of nitrogens with zero attached hydrogens (tertiary/aromatic N) is 3. The minimum Gasteiger partial charge on any atom is -0.392 e. The van der Waals surface area contributed by atoms with Crippen LogP contribution in [0.15, 0.2) is 36.7 Å². The molecule has 0 amide bonds. The van der Waals surface area contributed by atoms with Crippen LogP contribution in [0.3, 0.4) is 0 Å². The minimum atomic E-state index is -0.474. The number of hydrogen-bond donors (Lipinski definition) is 1. The molecule has 0 aliphatic heterocycles. The molecular weight excluding hydrogens is 222 g/mol. The number of nitro groups is 1. The first-order chi connectivity index (χ1) is 8.19. The Morgan fingerprint density at radius 1 is 1.29 bits per heavy atom. The van der Waals surface area contributed by atoms with Crippen LogP contribution in [0.1, 0.15) is 11.1 Å². The Hall–Kier alpha value is -2.21. The van der Waals surface area contributed by atoms with E-state index in [4.69, 9.17) is 5.11 Å². The minimum absolute atomic E-state index is 0.00746. The Labute approximate surface area is 97.3 Å². The van der Waals surface area contributed by atoms with E-state index in [9.17, 15) is 10.1 Å². The Kier molecular flexibility index (Phi) is 3.15. The van der Waals surface area contributed by atoms with E-state index in [1.54, 1.807) is 0 Å². The van der Waals surface area contributed by atoms with E-state index in [-0.39, 0.29) is 12.3 Å². The van der Waals surface area contributed by atoms with Gasteiger partial charge in [0, 0.05) is 0 Å². The standard InChI is InChI=1S/C11H11N3O3/c15-8-10-3-1-9(2-4-10)6-13-7-11(5-12-13)14(16)17/h1-5,7,15H,6,8H2. The molecule has 2 rings (SSSR count). The van der Waals surface area contributed by atoms with Gasteiger partial charge in [0.2, 0.25) is 0 Å². The third kappa shape index (κ3) is 2.67. The normalized spacial score (nSPS) is 10.4. The zero-order valence-corrected chi connectivity index (χ0v) is 8.98. The smallest absolute Gasteiger partial charge is 0.307 e. The third-order valence-corrected chi connectivity index (χ3v) is 2.38. The van der Waals surface area contributed by atoms with Crippen molar-refractivity contribution in [3.05, 3.63) is 57.9 Å². The highest BCUT2D eigenvalue weighted by Crippen LogP contribution is 2.10. The Bertz CT molecular complexity index is 519. The molecule has 0 atom stereocenters. The van der Waals surface area contributed by atoms with E-state index in [1.807, 2.05) is 24.3 Å². The quantitative estimate of drug-likeness (QED) is 0.638. The second-order valence-corrected chi connectivity index (χ2v) is 3.63. The number of benzene rings is 1. The van der Waals surface area contributed by atoms with Gasteiger partial charge in [-0.15, -0.1) is 0 Å². The zero-order valence-electron chi connectivity index (χ0n) is 8.98. The van der Waals surface area contributed by atoms with Crippen LogP contribution < -0.4 is 0 Å². The summed E-state index contributed by atoms with van der Waals surface area (Å²) in [6, 6.07) is 7.35. The number of hydrogen-bond acceptors (Lipinski definition) is 4. The summed E-state index contributed by atoms with van der Waals surface area (Å²) in [5.74, 6) is 0. The maximum absolute atomic E-state index is 10.5. The largest absolute Gasteiger partial charge is 0.392 e. The van der Waals surface area contributed by atoms with Gasteiger partial charge in [0.05, 0.1) is 18.1 Å². The van der Waals surface area contributed by atoms with E-state index in [1.165, 1.54) is 17.1 Å². The first-order valence-electron chi connectivity index (χ1n) is 5.04. The van der Waals surface area contributed by atoms with Gasteiger partial charge >= 0.3 is 5.69 Å². The van der Waals surface area contributed by atoms with Gasteiger partial charge in [0.1, 0.15) is 12.4 Å². The number of aliphatic hydroxyl groups excluding tert-OH is 1. The van der Waals surface area contributed by atoms with Crippen molar-refractivity contribution in [2.24, 2.45) is 0 Å². The highest BCUT2D eigenvalue weighted by molar-refractivity contribution is 5.24. The average Bonchev–Trinajstić information content (AvgIpc) is 2.79. The summed E-state index contributed by atoms with van der Waals surface area (Å²) < 4.78 is 1.51. The average molecular weight is 233 g/mol. The topological polar surface area (TPSA) is 81.2 Å². The fourth-order valence-corrected chi connectivity index (χ4v) is 1.47. The van der Waals surface area contributed by atoms with Gasteiger partial charge in [-0.1, -0.05) is 24.3 Å². The molecule has 0 unspecified atom stereocenters. The lowest BCUT2D eigenvalue weighted by Gasteiger charge is -2.02. The molecule has 0 spiro atoms. The summed E-state index contributed by atoms with van der Waals surface area (Å²) >= 11 is 0. The van der Waals surface area contributed by atoms with E-state index in [0.29, 0.717) is 6.54 Å². The molecule has 17 heavy (non-hydrogen) atoms. The van der Waals surface area contributed by atoms with Crippen molar-refractivity contribution in [2.75, 3.05) is 0 Å². The molecule has 0 fully saturated rings. The summed E-state index contributed by atoms with van der Waals surface area (Å²) in [6.07, 6.45) is 2.61. The van der Waals surface area contributed by atoms with Crippen LogP contribution in [0.5, 0.6) is 0 Å². The number of rotatable bonds is 4. The second kappa shape index (κ2) is 4.75. The molecule has 0 aliphatic rings. The molecule has 0 bridgehead atoms. The zero-order chi connectivity index (χ0) is 12.3.